The number of nitrogens with zero attached hydrogens (tertiary/aromatic N) is 1. The summed E-state index contributed by atoms with van der Waals surface area (Å²) in [6, 6.07) is 7.81. The van der Waals surface area contributed by atoms with Crippen LogP contribution in [0.25, 0.3) is 0 Å². The molecule has 0 aromatic heterocycles. The number of rotatable bonds is 5. The number of thioether (sulfide) groups is 1. The van der Waals surface area contributed by atoms with Crippen molar-refractivity contribution in [2.24, 2.45) is 0 Å². The molecule has 1 saturated heterocycles. The number of carbonyl (C=O) groups is 1. The maximum atomic E-state index is 12.5. The van der Waals surface area contributed by atoms with Gasteiger partial charge in [-0.25, -0.2) is 0 Å². The summed E-state index contributed by atoms with van der Waals surface area (Å²) in [5.41, 5.74) is 0.944. The second kappa shape index (κ2) is 7.02. The van der Waals surface area contributed by atoms with Gasteiger partial charge in [0.15, 0.2) is 0 Å². The monoisotopic (exact) mass is 320 g/mol. The van der Waals surface area contributed by atoms with Crippen molar-refractivity contribution in [3.63, 3.8) is 0 Å². The van der Waals surface area contributed by atoms with Gasteiger partial charge in [-0.2, -0.15) is 0 Å². The van der Waals surface area contributed by atoms with Crippen LogP contribution in [0.2, 0.25) is 0 Å². The molecule has 0 atom stereocenters. The van der Waals surface area contributed by atoms with Crippen LogP contribution in [0.1, 0.15) is 29.6 Å². The molecule has 120 valence electrons. The number of hydrogen-bond acceptors (Lipinski definition) is 4. The van der Waals surface area contributed by atoms with Crippen LogP contribution in [-0.2, 0) is 4.74 Å². The lowest BCUT2D eigenvalue weighted by molar-refractivity contribution is -0.0540. The minimum Gasteiger partial charge on any atom is -0.379 e. The molecule has 4 nitrogen and oxygen atoms in total. The molecular formula is C17H24N2O2S. The van der Waals surface area contributed by atoms with Crippen molar-refractivity contribution < 1.29 is 9.53 Å². The summed E-state index contributed by atoms with van der Waals surface area (Å²) in [6.45, 7) is 4.33. The van der Waals surface area contributed by atoms with E-state index in [-0.39, 0.29) is 11.4 Å². The highest BCUT2D eigenvalue weighted by Crippen LogP contribution is 2.37. The van der Waals surface area contributed by atoms with Crippen molar-refractivity contribution in [1.82, 2.24) is 10.2 Å². The van der Waals surface area contributed by atoms with E-state index >= 15 is 0 Å². The average molecular weight is 320 g/mol. The second-order valence-electron chi connectivity index (χ2n) is 6.06. The van der Waals surface area contributed by atoms with E-state index in [4.69, 9.17) is 4.74 Å². The molecule has 22 heavy (non-hydrogen) atoms. The highest BCUT2D eigenvalue weighted by atomic mass is 32.2. The van der Waals surface area contributed by atoms with Gasteiger partial charge in [-0.05, 0) is 37.7 Å². The van der Waals surface area contributed by atoms with Gasteiger partial charge in [-0.15, -0.1) is 11.8 Å². The van der Waals surface area contributed by atoms with E-state index in [1.54, 1.807) is 11.8 Å². The molecule has 0 unspecified atom stereocenters. The number of ether oxygens (including phenoxy) is 1. The minimum atomic E-state index is 0.0458. The van der Waals surface area contributed by atoms with Gasteiger partial charge >= 0.3 is 0 Å². The molecule has 0 spiro atoms. The van der Waals surface area contributed by atoms with E-state index in [1.807, 2.05) is 30.5 Å². The SMILES string of the molecule is CSc1ccccc1C(=O)NCC1(N2CCOCC2)CCC1. The molecule has 1 heterocycles. The Morgan fingerprint density at radius 3 is 2.68 bits per heavy atom. The number of benzene rings is 1. The Balaban J connectivity index is 1.64. The van der Waals surface area contributed by atoms with Crippen LogP contribution >= 0.6 is 11.8 Å². The predicted molar refractivity (Wildman–Crippen MR) is 89.5 cm³/mol. The lowest BCUT2D eigenvalue weighted by atomic mass is 9.75. The molecule has 1 saturated carbocycles. The maximum absolute atomic E-state index is 12.5. The number of amides is 1. The molecule has 1 aromatic carbocycles. The Morgan fingerprint density at radius 1 is 1.32 bits per heavy atom. The van der Waals surface area contributed by atoms with E-state index in [0.29, 0.717) is 0 Å². The molecule has 1 aliphatic heterocycles. The summed E-state index contributed by atoms with van der Waals surface area (Å²) < 4.78 is 5.46. The lowest BCUT2D eigenvalue weighted by Gasteiger charge is -2.51. The molecule has 5 heteroatoms. The zero-order chi connectivity index (χ0) is 15.4. The zero-order valence-electron chi connectivity index (χ0n) is 13.1. The molecule has 0 radical (unpaired) electrons. The summed E-state index contributed by atoms with van der Waals surface area (Å²) in [5.74, 6) is 0.0458. The topological polar surface area (TPSA) is 41.6 Å². The van der Waals surface area contributed by atoms with E-state index in [0.717, 1.165) is 43.3 Å². The minimum absolute atomic E-state index is 0.0458. The van der Waals surface area contributed by atoms with Gasteiger partial charge in [-0.3, -0.25) is 9.69 Å². The Kier molecular flexibility index (Phi) is 5.06. The fourth-order valence-corrected chi connectivity index (χ4v) is 3.99. The smallest absolute Gasteiger partial charge is 0.252 e. The Hall–Kier alpha value is -1.04. The van der Waals surface area contributed by atoms with Crippen LogP contribution < -0.4 is 5.32 Å². The van der Waals surface area contributed by atoms with Gasteiger partial charge in [0.05, 0.1) is 18.8 Å². The normalized spacial score (nSPS) is 21.1. The fourth-order valence-electron chi connectivity index (χ4n) is 3.40. The lowest BCUT2D eigenvalue weighted by Crippen LogP contribution is -2.62. The van der Waals surface area contributed by atoms with Crippen molar-refractivity contribution in [2.45, 2.75) is 29.7 Å². The van der Waals surface area contributed by atoms with E-state index < -0.39 is 0 Å². The standard InChI is InChI=1S/C17H24N2O2S/c1-22-15-6-3-2-5-14(15)16(20)18-13-17(7-4-8-17)19-9-11-21-12-10-19/h2-3,5-6H,4,7-13H2,1H3,(H,18,20). The van der Waals surface area contributed by atoms with E-state index in [1.165, 1.54) is 19.3 Å². The highest BCUT2D eigenvalue weighted by Gasteiger charge is 2.43. The number of carbonyl (C=O) groups excluding carboxylic acids is 1. The zero-order valence-corrected chi connectivity index (χ0v) is 14.0. The average Bonchev–Trinajstić information content (AvgIpc) is 2.54. The highest BCUT2D eigenvalue weighted by molar-refractivity contribution is 7.98. The van der Waals surface area contributed by atoms with Gasteiger partial charge in [0.25, 0.3) is 5.91 Å². The molecule has 1 aliphatic carbocycles. The van der Waals surface area contributed by atoms with Crippen molar-refractivity contribution in [1.29, 1.82) is 0 Å². The second-order valence-corrected chi connectivity index (χ2v) is 6.91. The molecule has 3 rings (SSSR count). The van der Waals surface area contributed by atoms with Crippen LogP contribution in [0.15, 0.2) is 29.2 Å². The Morgan fingerprint density at radius 2 is 2.05 bits per heavy atom. The Bertz CT molecular complexity index is 525. The third kappa shape index (κ3) is 3.16. The van der Waals surface area contributed by atoms with Crippen molar-refractivity contribution in [3.05, 3.63) is 29.8 Å². The molecule has 1 N–H and O–H groups in total. The number of nitrogens with one attached hydrogen (secondary N) is 1. The Labute approximate surface area is 136 Å². The van der Waals surface area contributed by atoms with Crippen molar-refractivity contribution >= 4 is 17.7 Å². The summed E-state index contributed by atoms with van der Waals surface area (Å²) in [6.07, 6.45) is 5.62. The first kappa shape index (κ1) is 15.8. The number of hydrogen-bond donors (Lipinski definition) is 1. The first-order valence-electron chi connectivity index (χ1n) is 7.99. The van der Waals surface area contributed by atoms with Crippen LogP contribution in [0.5, 0.6) is 0 Å². The van der Waals surface area contributed by atoms with E-state index in [2.05, 4.69) is 10.2 Å². The third-order valence-corrected chi connectivity index (χ3v) is 5.69. The maximum Gasteiger partial charge on any atom is 0.252 e. The van der Waals surface area contributed by atoms with Crippen LogP contribution in [0.4, 0.5) is 0 Å². The summed E-state index contributed by atoms with van der Waals surface area (Å²) in [7, 11) is 0. The molecular weight excluding hydrogens is 296 g/mol. The molecule has 1 aromatic rings. The van der Waals surface area contributed by atoms with Gasteiger partial charge in [0.2, 0.25) is 0 Å². The quantitative estimate of drug-likeness (QED) is 0.846. The van der Waals surface area contributed by atoms with Crippen molar-refractivity contribution in [3.8, 4) is 0 Å². The molecule has 0 bridgehead atoms. The number of morpholine rings is 1. The van der Waals surface area contributed by atoms with Gasteiger partial charge < -0.3 is 10.1 Å². The molecule has 1 amide bonds. The van der Waals surface area contributed by atoms with Gasteiger partial charge in [0, 0.05) is 30.1 Å². The van der Waals surface area contributed by atoms with E-state index in [9.17, 15) is 4.79 Å². The third-order valence-electron chi connectivity index (χ3n) is 4.90. The first-order chi connectivity index (χ1) is 10.7. The fraction of sp³-hybridized carbons (Fsp3) is 0.588. The molecule has 2 fully saturated rings. The van der Waals surface area contributed by atoms with Gasteiger partial charge in [0.1, 0.15) is 0 Å². The summed E-state index contributed by atoms with van der Waals surface area (Å²) in [5, 5.41) is 3.18. The summed E-state index contributed by atoms with van der Waals surface area (Å²) >= 11 is 1.62. The largest absolute Gasteiger partial charge is 0.379 e. The first-order valence-corrected chi connectivity index (χ1v) is 9.22. The van der Waals surface area contributed by atoms with Crippen LogP contribution in [0.3, 0.4) is 0 Å². The van der Waals surface area contributed by atoms with Gasteiger partial charge in [-0.1, -0.05) is 12.1 Å². The summed E-state index contributed by atoms with van der Waals surface area (Å²) in [4.78, 5) is 16.1. The van der Waals surface area contributed by atoms with Crippen LogP contribution in [-0.4, -0.2) is 55.4 Å². The van der Waals surface area contributed by atoms with Crippen molar-refractivity contribution in [2.75, 3.05) is 39.1 Å². The molecule has 2 aliphatic rings. The van der Waals surface area contributed by atoms with Crippen LogP contribution in [0, 0.1) is 0 Å². The predicted octanol–water partition coefficient (Wildman–Crippen LogP) is 2.39.